The Kier molecular flexibility index (Phi) is 4.11. The third-order valence-electron chi connectivity index (χ3n) is 2.71. The van der Waals surface area contributed by atoms with Crippen LogP contribution in [0.25, 0.3) is 0 Å². The third kappa shape index (κ3) is 3.29. The van der Waals surface area contributed by atoms with Gasteiger partial charge < -0.3 is 9.84 Å². The predicted octanol–water partition coefficient (Wildman–Crippen LogP) is 2.59. The molecule has 19 heavy (non-hydrogen) atoms. The Hall–Kier alpha value is -1.95. The standard InChI is InChI=1S/C13H14F2N2O2/c1-2-17-8-10(7-16-17)12(18)9-3-5-11(6-4-9)19-13(14)15/h3-8,12-13,18H,2H2,1H3. The summed E-state index contributed by atoms with van der Waals surface area (Å²) >= 11 is 0. The van der Waals surface area contributed by atoms with Crippen LogP contribution in [0, 0.1) is 0 Å². The molecule has 0 aliphatic rings. The van der Waals surface area contributed by atoms with Crippen molar-refractivity contribution in [3.8, 4) is 5.75 Å². The molecule has 1 unspecified atom stereocenters. The van der Waals surface area contributed by atoms with E-state index in [1.54, 1.807) is 29.2 Å². The van der Waals surface area contributed by atoms with Gasteiger partial charge in [-0.05, 0) is 24.6 Å². The van der Waals surface area contributed by atoms with Crippen molar-refractivity contribution in [1.82, 2.24) is 9.78 Å². The molecule has 1 aromatic heterocycles. The molecule has 0 fully saturated rings. The lowest BCUT2D eigenvalue weighted by Crippen LogP contribution is -2.03. The highest BCUT2D eigenvalue weighted by Crippen LogP contribution is 2.24. The van der Waals surface area contributed by atoms with E-state index in [1.165, 1.54) is 12.1 Å². The molecule has 0 bridgehead atoms. The van der Waals surface area contributed by atoms with E-state index >= 15 is 0 Å². The van der Waals surface area contributed by atoms with Crippen molar-refractivity contribution in [3.05, 3.63) is 47.8 Å². The molecule has 6 heteroatoms. The van der Waals surface area contributed by atoms with Gasteiger partial charge in [0.1, 0.15) is 11.9 Å². The van der Waals surface area contributed by atoms with E-state index < -0.39 is 12.7 Å². The van der Waals surface area contributed by atoms with Crippen LogP contribution in [0.3, 0.4) is 0 Å². The minimum absolute atomic E-state index is 0.0650. The van der Waals surface area contributed by atoms with Gasteiger partial charge in [-0.1, -0.05) is 12.1 Å². The first-order valence-electron chi connectivity index (χ1n) is 5.85. The highest BCUT2D eigenvalue weighted by molar-refractivity contribution is 5.32. The number of alkyl halides is 2. The van der Waals surface area contributed by atoms with Gasteiger partial charge >= 0.3 is 6.61 Å². The third-order valence-corrected chi connectivity index (χ3v) is 2.71. The van der Waals surface area contributed by atoms with E-state index in [0.29, 0.717) is 17.7 Å². The molecule has 4 nitrogen and oxygen atoms in total. The highest BCUT2D eigenvalue weighted by atomic mass is 19.3. The second-order valence-corrected chi connectivity index (χ2v) is 3.98. The van der Waals surface area contributed by atoms with Crippen molar-refractivity contribution >= 4 is 0 Å². The predicted molar refractivity (Wildman–Crippen MR) is 65.0 cm³/mol. The number of hydrogen-bond acceptors (Lipinski definition) is 3. The van der Waals surface area contributed by atoms with Crippen LogP contribution < -0.4 is 4.74 Å². The fourth-order valence-corrected chi connectivity index (χ4v) is 1.72. The Morgan fingerprint density at radius 3 is 2.47 bits per heavy atom. The van der Waals surface area contributed by atoms with Crippen molar-refractivity contribution in [2.24, 2.45) is 0 Å². The molecule has 0 aliphatic carbocycles. The largest absolute Gasteiger partial charge is 0.435 e. The number of aliphatic hydroxyl groups excluding tert-OH is 1. The van der Waals surface area contributed by atoms with Crippen molar-refractivity contribution in [2.75, 3.05) is 0 Å². The molecule has 0 saturated carbocycles. The maximum atomic E-state index is 12.0. The molecule has 1 aromatic carbocycles. The van der Waals surface area contributed by atoms with Crippen LogP contribution in [0.2, 0.25) is 0 Å². The number of benzene rings is 1. The van der Waals surface area contributed by atoms with Crippen molar-refractivity contribution < 1.29 is 18.6 Å². The smallest absolute Gasteiger partial charge is 0.387 e. The molecule has 0 spiro atoms. The molecule has 0 radical (unpaired) electrons. The van der Waals surface area contributed by atoms with Gasteiger partial charge in [0.05, 0.1) is 6.20 Å². The molecule has 1 atom stereocenters. The van der Waals surface area contributed by atoms with Gasteiger partial charge in [0.15, 0.2) is 0 Å². The fraction of sp³-hybridized carbons (Fsp3) is 0.308. The fourth-order valence-electron chi connectivity index (χ4n) is 1.72. The first-order valence-corrected chi connectivity index (χ1v) is 5.85. The number of aryl methyl sites for hydroxylation is 1. The molecule has 102 valence electrons. The molecule has 0 aliphatic heterocycles. The van der Waals surface area contributed by atoms with Crippen LogP contribution in [0.1, 0.15) is 24.2 Å². The quantitative estimate of drug-likeness (QED) is 0.906. The molecular formula is C13H14F2N2O2. The Labute approximate surface area is 109 Å². The second kappa shape index (κ2) is 5.79. The zero-order valence-electron chi connectivity index (χ0n) is 10.3. The molecule has 1 heterocycles. The number of ether oxygens (including phenoxy) is 1. The number of hydrogen-bond donors (Lipinski definition) is 1. The number of nitrogens with zero attached hydrogens (tertiary/aromatic N) is 2. The minimum Gasteiger partial charge on any atom is -0.435 e. The van der Waals surface area contributed by atoms with Crippen molar-refractivity contribution in [3.63, 3.8) is 0 Å². The van der Waals surface area contributed by atoms with E-state index in [1.807, 2.05) is 6.92 Å². The van der Waals surface area contributed by atoms with Gasteiger partial charge in [-0.15, -0.1) is 0 Å². The summed E-state index contributed by atoms with van der Waals surface area (Å²) in [6, 6.07) is 5.89. The Morgan fingerprint density at radius 1 is 1.26 bits per heavy atom. The van der Waals surface area contributed by atoms with Gasteiger partial charge in [-0.2, -0.15) is 13.9 Å². The Bertz CT molecular complexity index is 526. The number of aromatic nitrogens is 2. The van der Waals surface area contributed by atoms with Crippen LogP contribution in [0.5, 0.6) is 5.75 Å². The first-order chi connectivity index (χ1) is 9.10. The second-order valence-electron chi connectivity index (χ2n) is 3.98. The van der Waals surface area contributed by atoms with Crippen molar-refractivity contribution in [1.29, 1.82) is 0 Å². The molecule has 0 saturated heterocycles. The van der Waals surface area contributed by atoms with Gasteiger partial charge in [0.25, 0.3) is 0 Å². The molecule has 2 aromatic rings. The van der Waals surface area contributed by atoms with Crippen LogP contribution in [0.4, 0.5) is 8.78 Å². The maximum absolute atomic E-state index is 12.0. The van der Waals surface area contributed by atoms with Gasteiger partial charge in [0, 0.05) is 18.3 Å². The Balaban J connectivity index is 2.12. The van der Waals surface area contributed by atoms with Crippen molar-refractivity contribution in [2.45, 2.75) is 26.2 Å². The topological polar surface area (TPSA) is 47.3 Å². The lowest BCUT2D eigenvalue weighted by molar-refractivity contribution is -0.0498. The van der Waals surface area contributed by atoms with E-state index in [4.69, 9.17) is 0 Å². The van der Waals surface area contributed by atoms with Gasteiger partial charge in [-0.25, -0.2) is 0 Å². The van der Waals surface area contributed by atoms with E-state index in [2.05, 4.69) is 9.84 Å². The zero-order valence-corrected chi connectivity index (χ0v) is 10.3. The van der Waals surface area contributed by atoms with Crippen LogP contribution in [-0.2, 0) is 6.54 Å². The van der Waals surface area contributed by atoms with E-state index in [0.717, 1.165) is 0 Å². The summed E-state index contributed by atoms with van der Waals surface area (Å²) < 4.78 is 30.0. The lowest BCUT2D eigenvalue weighted by atomic mass is 10.0. The van der Waals surface area contributed by atoms with E-state index in [9.17, 15) is 13.9 Å². The molecule has 2 rings (SSSR count). The molecular weight excluding hydrogens is 254 g/mol. The molecule has 0 amide bonds. The normalized spacial score (nSPS) is 12.7. The maximum Gasteiger partial charge on any atom is 0.387 e. The lowest BCUT2D eigenvalue weighted by Gasteiger charge is -2.10. The first kappa shape index (κ1) is 13.5. The number of aliphatic hydroxyl groups is 1. The minimum atomic E-state index is -2.85. The summed E-state index contributed by atoms with van der Waals surface area (Å²) in [6.07, 6.45) is 2.49. The summed E-state index contributed by atoms with van der Waals surface area (Å²) in [4.78, 5) is 0. The summed E-state index contributed by atoms with van der Waals surface area (Å²) in [5, 5.41) is 14.2. The monoisotopic (exact) mass is 268 g/mol. The Morgan fingerprint density at radius 2 is 1.95 bits per heavy atom. The summed E-state index contributed by atoms with van der Waals surface area (Å²) in [5.41, 5.74) is 1.25. The average molecular weight is 268 g/mol. The number of rotatable bonds is 5. The molecule has 1 N–H and O–H groups in total. The van der Waals surface area contributed by atoms with Crippen LogP contribution in [-0.4, -0.2) is 21.5 Å². The average Bonchev–Trinajstić information content (AvgIpc) is 2.87. The number of halogens is 2. The summed E-state index contributed by atoms with van der Waals surface area (Å²) in [5.74, 6) is 0.0650. The van der Waals surface area contributed by atoms with Gasteiger partial charge in [-0.3, -0.25) is 4.68 Å². The zero-order chi connectivity index (χ0) is 13.8. The SMILES string of the molecule is CCn1cc(C(O)c2ccc(OC(F)F)cc2)cn1. The summed E-state index contributed by atoms with van der Waals surface area (Å²) in [7, 11) is 0. The van der Waals surface area contributed by atoms with Crippen LogP contribution in [0.15, 0.2) is 36.7 Å². The van der Waals surface area contributed by atoms with E-state index in [-0.39, 0.29) is 5.75 Å². The highest BCUT2D eigenvalue weighted by Gasteiger charge is 2.13. The summed E-state index contributed by atoms with van der Waals surface area (Å²) in [6.45, 7) is -0.188. The van der Waals surface area contributed by atoms with Crippen LogP contribution >= 0.6 is 0 Å². The van der Waals surface area contributed by atoms with Gasteiger partial charge in [0.2, 0.25) is 0 Å².